The van der Waals surface area contributed by atoms with Crippen molar-refractivity contribution in [2.24, 2.45) is 0 Å². The average molecular weight is 356 g/mol. The van der Waals surface area contributed by atoms with Gasteiger partial charge in [0.25, 0.3) is 11.8 Å². The molecule has 0 saturated carbocycles. The first-order chi connectivity index (χ1) is 12.2. The fourth-order valence-electron chi connectivity index (χ4n) is 2.39. The summed E-state index contributed by atoms with van der Waals surface area (Å²) >= 11 is 0. The molecule has 0 aliphatic heterocycles. The van der Waals surface area contributed by atoms with Crippen LogP contribution in [0.3, 0.4) is 0 Å². The first kappa shape index (κ1) is 19.3. The molecular formula is C20H24N2O4. The summed E-state index contributed by atoms with van der Waals surface area (Å²) in [5, 5.41) is 5.68. The van der Waals surface area contributed by atoms with Crippen LogP contribution in [0.1, 0.15) is 41.5 Å². The Morgan fingerprint density at radius 2 is 1.38 bits per heavy atom. The van der Waals surface area contributed by atoms with Crippen LogP contribution >= 0.6 is 0 Å². The van der Waals surface area contributed by atoms with Crippen LogP contribution in [0.2, 0.25) is 0 Å². The summed E-state index contributed by atoms with van der Waals surface area (Å²) in [5.74, 6) is 0.319. The molecule has 2 rings (SSSR count). The number of anilines is 1. The van der Waals surface area contributed by atoms with E-state index in [0.717, 1.165) is 0 Å². The van der Waals surface area contributed by atoms with E-state index in [9.17, 15) is 9.59 Å². The molecule has 0 radical (unpaired) electrons. The van der Waals surface area contributed by atoms with Gasteiger partial charge in [-0.25, -0.2) is 0 Å². The molecule has 0 unspecified atom stereocenters. The number of ether oxygens (including phenoxy) is 2. The Bertz CT molecular complexity index is 770. The molecule has 138 valence electrons. The molecule has 6 nitrogen and oxygen atoms in total. The molecule has 0 aromatic heterocycles. The van der Waals surface area contributed by atoms with E-state index in [1.165, 1.54) is 14.2 Å². The predicted octanol–water partition coefficient (Wildman–Crippen LogP) is 3.48. The van der Waals surface area contributed by atoms with E-state index in [-0.39, 0.29) is 17.4 Å². The van der Waals surface area contributed by atoms with Gasteiger partial charge in [-0.3, -0.25) is 9.59 Å². The van der Waals surface area contributed by atoms with Crippen molar-refractivity contribution in [3.8, 4) is 11.5 Å². The lowest BCUT2D eigenvalue weighted by molar-refractivity contribution is 0.0919. The van der Waals surface area contributed by atoms with E-state index < -0.39 is 0 Å². The molecule has 2 amide bonds. The van der Waals surface area contributed by atoms with Gasteiger partial charge in [0.2, 0.25) is 0 Å². The van der Waals surface area contributed by atoms with E-state index in [4.69, 9.17) is 9.47 Å². The zero-order chi connectivity index (χ0) is 19.3. The maximum atomic E-state index is 12.6. The van der Waals surface area contributed by atoms with Gasteiger partial charge >= 0.3 is 0 Å². The zero-order valence-corrected chi connectivity index (χ0v) is 15.7. The molecule has 0 bridgehead atoms. The van der Waals surface area contributed by atoms with E-state index in [1.54, 1.807) is 42.5 Å². The highest BCUT2D eigenvalue weighted by atomic mass is 16.5. The molecule has 6 heteroatoms. The third-order valence-electron chi connectivity index (χ3n) is 3.55. The van der Waals surface area contributed by atoms with Gasteiger partial charge in [-0.2, -0.15) is 0 Å². The molecule has 0 aliphatic rings. The Labute approximate surface area is 153 Å². The van der Waals surface area contributed by atoms with E-state index in [1.807, 2.05) is 20.8 Å². The minimum Gasteiger partial charge on any atom is -0.496 e. The molecule has 26 heavy (non-hydrogen) atoms. The Morgan fingerprint density at radius 1 is 0.846 bits per heavy atom. The Hall–Kier alpha value is -3.02. The Kier molecular flexibility index (Phi) is 5.87. The van der Waals surface area contributed by atoms with Crippen molar-refractivity contribution >= 4 is 17.5 Å². The number of methoxy groups -OCH3 is 2. The third kappa shape index (κ3) is 4.75. The summed E-state index contributed by atoms with van der Waals surface area (Å²) in [6.45, 7) is 5.75. The molecule has 0 fully saturated rings. The standard InChI is InChI=1S/C20H24N2O4/c1-20(2,3)22-18(23)13-9-11-14(12-10-13)21-19(24)17-15(25-4)7-6-8-16(17)26-5/h6-12H,1-5H3,(H,21,24)(H,22,23). The van der Waals surface area contributed by atoms with Gasteiger partial charge in [-0.15, -0.1) is 0 Å². The number of benzene rings is 2. The Morgan fingerprint density at radius 3 is 1.85 bits per heavy atom. The number of hydrogen-bond acceptors (Lipinski definition) is 4. The van der Waals surface area contributed by atoms with Crippen molar-refractivity contribution in [2.45, 2.75) is 26.3 Å². The number of nitrogens with one attached hydrogen (secondary N) is 2. The van der Waals surface area contributed by atoms with Crippen LogP contribution in [-0.4, -0.2) is 31.6 Å². The van der Waals surface area contributed by atoms with Crippen molar-refractivity contribution in [1.82, 2.24) is 5.32 Å². The first-order valence-corrected chi connectivity index (χ1v) is 8.20. The van der Waals surface area contributed by atoms with Crippen LogP contribution in [0.25, 0.3) is 0 Å². The predicted molar refractivity (Wildman–Crippen MR) is 101 cm³/mol. The maximum absolute atomic E-state index is 12.6. The molecule has 0 spiro atoms. The van der Waals surface area contributed by atoms with Crippen molar-refractivity contribution in [2.75, 3.05) is 19.5 Å². The molecule has 2 N–H and O–H groups in total. The van der Waals surface area contributed by atoms with E-state index in [0.29, 0.717) is 28.3 Å². The number of rotatable bonds is 5. The fraction of sp³-hybridized carbons (Fsp3) is 0.300. The monoisotopic (exact) mass is 356 g/mol. The molecule has 0 aliphatic carbocycles. The number of amides is 2. The fourth-order valence-corrected chi connectivity index (χ4v) is 2.39. The van der Waals surface area contributed by atoms with E-state index >= 15 is 0 Å². The molecule has 0 atom stereocenters. The van der Waals surface area contributed by atoms with Gasteiger partial charge in [0.05, 0.1) is 14.2 Å². The number of carbonyl (C=O) groups is 2. The van der Waals surface area contributed by atoms with Gasteiger partial charge in [0.1, 0.15) is 17.1 Å². The van der Waals surface area contributed by atoms with Crippen molar-refractivity contribution < 1.29 is 19.1 Å². The maximum Gasteiger partial charge on any atom is 0.263 e. The average Bonchev–Trinajstić information content (AvgIpc) is 2.59. The van der Waals surface area contributed by atoms with Gasteiger partial charge in [0.15, 0.2) is 0 Å². The second-order valence-electron chi connectivity index (χ2n) is 6.77. The minimum absolute atomic E-state index is 0.165. The molecule has 0 heterocycles. The summed E-state index contributed by atoms with van der Waals surface area (Å²) in [4.78, 5) is 24.8. The van der Waals surface area contributed by atoms with Crippen LogP contribution in [0, 0.1) is 0 Å². The molecule has 0 saturated heterocycles. The minimum atomic E-state index is -0.355. The van der Waals surface area contributed by atoms with Gasteiger partial charge in [-0.1, -0.05) is 6.07 Å². The number of carbonyl (C=O) groups excluding carboxylic acids is 2. The summed E-state index contributed by atoms with van der Waals surface area (Å²) < 4.78 is 10.5. The van der Waals surface area contributed by atoms with Gasteiger partial charge in [-0.05, 0) is 57.2 Å². The largest absolute Gasteiger partial charge is 0.496 e. The lowest BCUT2D eigenvalue weighted by Gasteiger charge is -2.20. The first-order valence-electron chi connectivity index (χ1n) is 8.20. The second kappa shape index (κ2) is 7.91. The summed E-state index contributed by atoms with van der Waals surface area (Å²) in [6.07, 6.45) is 0. The lowest BCUT2D eigenvalue weighted by Crippen LogP contribution is -2.40. The van der Waals surface area contributed by atoms with Gasteiger partial charge in [0, 0.05) is 16.8 Å². The Balaban J connectivity index is 2.17. The van der Waals surface area contributed by atoms with Gasteiger partial charge < -0.3 is 20.1 Å². The lowest BCUT2D eigenvalue weighted by atomic mass is 10.1. The highest BCUT2D eigenvalue weighted by Crippen LogP contribution is 2.29. The number of hydrogen-bond donors (Lipinski definition) is 2. The highest BCUT2D eigenvalue weighted by molar-refractivity contribution is 6.08. The van der Waals surface area contributed by atoms with Crippen molar-refractivity contribution in [3.05, 3.63) is 53.6 Å². The summed E-state index contributed by atoms with van der Waals surface area (Å²) in [7, 11) is 2.99. The van der Waals surface area contributed by atoms with Crippen LogP contribution in [0.5, 0.6) is 11.5 Å². The van der Waals surface area contributed by atoms with Crippen molar-refractivity contribution in [1.29, 1.82) is 0 Å². The topological polar surface area (TPSA) is 76.7 Å². The summed E-state index contributed by atoms with van der Waals surface area (Å²) in [5.41, 5.74) is 1.08. The normalized spacial score (nSPS) is 10.8. The second-order valence-corrected chi connectivity index (χ2v) is 6.77. The molecule has 2 aromatic carbocycles. The van der Waals surface area contributed by atoms with Crippen LogP contribution in [-0.2, 0) is 0 Å². The smallest absolute Gasteiger partial charge is 0.263 e. The zero-order valence-electron chi connectivity index (χ0n) is 15.7. The van der Waals surface area contributed by atoms with Crippen LogP contribution < -0.4 is 20.1 Å². The van der Waals surface area contributed by atoms with Crippen LogP contribution in [0.4, 0.5) is 5.69 Å². The highest BCUT2D eigenvalue weighted by Gasteiger charge is 2.19. The SMILES string of the molecule is COc1cccc(OC)c1C(=O)Nc1ccc(C(=O)NC(C)(C)C)cc1. The molecule has 2 aromatic rings. The van der Waals surface area contributed by atoms with Crippen LogP contribution in [0.15, 0.2) is 42.5 Å². The quantitative estimate of drug-likeness (QED) is 0.860. The summed E-state index contributed by atoms with van der Waals surface area (Å²) in [6, 6.07) is 11.8. The molecular weight excluding hydrogens is 332 g/mol. The van der Waals surface area contributed by atoms with Crippen molar-refractivity contribution in [3.63, 3.8) is 0 Å². The third-order valence-corrected chi connectivity index (χ3v) is 3.55. The van der Waals surface area contributed by atoms with E-state index in [2.05, 4.69) is 10.6 Å².